The van der Waals surface area contributed by atoms with E-state index in [1.807, 2.05) is 19.1 Å². The molecule has 8 nitrogen and oxygen atoms in total. The molecule has 1 aromatic heterocycles. The first-order chi connectivity index (χ1) is 11.0. The van der Waals surface area contributed by atoms with Crippen LogP contribution in [0.5, 0.6) is 0 Å². The summed E-state index contributed by atoms with van der Waals surface area (Å²) in [6, 6.07) is 11.1. The predicted molar refractivity (Wildman–Crippen MR) is 84.0 cm³/mol. The van der Waals surface area contributed by atoms with Crippen molar-refractivity contribution < 1.29 is 14.3 Å². The first-order valence-electron chi connectivity index (χ1n) is 6.65. The standard InChI is InChI=1S/C15H11N3O5/c1-9-2-4-10(5-3-9)16-14-12-8-11(17(19)20)6-7-13(12)23-15(14)18(21)22/h2-8,16H,1H3. The summed E-state index contributed by atoms with van der Waals surface area (Å²) in [5.41, 5.74) is 1.79. The SMILES string of the molecule is Cc1ccc(Nc2c([N+](=O)[O-])oc3ccc([N+](=O)[O-])cc23)cc1. The summed E-state index contributed by atoms with van der Waals surface area (Å²) in [7, 11) is 0. The van der Waals surface area contributed by atoms with Gasteiger partial charge >= 0.3 is 5.88 Å². The Morgan fingerprint density at radius 1 is 1.00 bits per heavy atom. The molecule has 0 radical (unpaired) electrons. The van der Waals surface area contributed by atoms with Crippen molar-refractivity contribution >= 4 is 33.9 Å². The molecule has 8 heteroatoms. The third-order valence-corrected chi connectivity index (χ3v) is 3.35. The van der Waals surface area contributed by atoms with Gasteiger partial charge in [-0.3, -0.25) is 20.2 Å². The molecule has 0 aliphatic rings. The smallest absolute Gasteiger partial charge is 0.399 e. The summed E-state index contributed by atoms with van der Waals surface area (Å²) in [4.78, 5) is 20.9. The molecule has 0 amide bonds. The van der Waals surface area contributed by atoms with Crippen LogP contribution in [0.15, 0.2) is 46.9 Å². The van der Waals surface area contributed by atoms with Crippen molar-refractivity contribution in [3.05, 3.63) is 68.3 Å². The summed E-state index contributed by atoms with van der Waals surface area (Å²) in [5, 5.41) is 25.3. The van der Waals surface area contributed by atoms with E-state index in [0.717, 1.165) is 5.56 Å². The van der Waals surface area contributed by atoms with Gasteiger partial charge in [-0.1, -0.05) is 17.7 Å². The summed E-state index contributed by atoms with van der Waals surface area (Å²) < 4.78 is 5.21. The monoisotopic (exact) mass is 313 g/mol. The van der Waals surface area contributed by atoms with E-state index in [9.17, 15) is 20.2 Å². The number of nitrogens with zero attached hydrogens (tertiary/aromatic N) is 2. The molecule has 0 bridgehead atoms. The first-order valence-corrected chi connectivity index (χ1v) is 6.65. The van der Waals surface area contributed by atoms with Crippen molar-refractivity contribution in [1.29, 1.82) is 0 Å². The molecule has 0 saturated heterocycles. The molecular formula is C15H11N3O5. The maximum absolute atomic E-state index is 11.2. The van der Waals surface area contributed by atoms with Crippen LogP contribution < -0.4 is 5.32 Å². The highest BCUT2D eigenvalue weighted by atomic mass is 16.6. The number of hydrogen-bond donors (Lipinski definition) is 1. The molecule has 23 heavy (non-hydrogen) atoms. The van der Waals surface area contributed by atoms with E-state index in [4.69, 9.17) is 4.42 Å². The predicted octanol–water partition coefficient (Wildman–Crippen LogP) is 4.30. The van der Waals surface area contributed by atoms with Gasteiger partial charge in [0.25, 0.3) is 5.69 Å². The van der Waals surface area contributed by atoms with Crippen molar-refractivity contribution in [2.24, 2.45) is 0 Å². The van der Waals surface area contributed by atoms with E-state index in [1.165, 1.54) is 18.2 Å². The van der Waals surface area contributed by atoms with Crippen molar-refractivity contribution in [1.82, 2.24) is 0 Å². The van der Waals surface area contributed by atoms with Crippen LogP contribution in [0.3, 0.4) is 0 Å². The summed E-state index contributed by atoms with van der Waals surface area (Å²) in [5.74, 6) is -0.485. The van der Waals surface area contributed by atoms with E-state index >= 15 is 0 Å². The van der Waals surface area contributed by atoms with Gasteiger partial charge in [-0.25, -0.2) is 0 Å². The fraction of sp³-hybridized carbons (Fsp3) is 0.0667. The molecule has 1 heterocycles. The third kappa shape index (κ3) is 2.69. The van der Waals surface area contributed by atoms with Gasteiger partial charge in [-0.05, 0) is 25.1 Å². The molecule has 0 saturated carbocycles. The number of nitrogens with one attached hydrogen (secondary N) is 1. The number of hydrogen-bond acceptors (Lipinski definition) is 6. The lowest BCUT2D eigenvalue weighted by Crippen LogP contribution is -1.94. The van der Waals surface area contributed by atoms with Crippen LogP contribution in [0, 0.1) is 27.2 Å². The number of fused-ring (bicyclic) bond motifs is 1. The Labute approximate surface area is 129 Å². The molecular weight excluding hydrogens is 302 g/mol. The number of non-ortho nitro benzene ring substituents is 1. The van der Waals surface area contributed by atoms with Crippen molar-refractivity contribution in [2.75, 3.05) is 5.32 Å². The average molecular weight is 313 g/mol. The molecule has 0 unspecified atom stereocenters. The van der Waals surface area contributed by atoms with E-state index in [2.05, 4.69) is 5.32 Å². The topological polar surface area (TPSA) is 111 Å². The summed E-state index contributed by atoms with van der Waals surface area (Å²) in [6.45, 7) is 1.92. The minimum absolute atomic E-state index is 0.0950. The molecule has 2 aromatic carbocycles. The van der Waals surface area contributed by atoms with Crippen LogP contribution in [0.1, 0.15) is 5.56 Å². The highest BCUT2D eigenvalue weighted by Gasteiger charge is 2.25. The second kappa shape index (κ2) is 5.41. The van der Waals surface area contributed by atoms with Crippen LogP contribution in [0.25, 0.3) is 11.0 Å². The molecule has 3 rings (SSSR count). The molecule has 0 atom stereocenters. The number of furan rings is 1. The fourth-order valence-electron chi connectivity index (χ4n) is 2.22. The van der Waals surface area contributed by atoms with Crippen molar-refractivity contribution in [2.45, 2.75) is 6.92 Å². The lowest BCUT2D eigenvalue weighted by molar-refractivity contribution is -0.400. The van der Waals surface area contributed by atoms with E-state index < -0.39 is 15.7 Å². The molecule has 0 spiro atoms. The Morgan fingerprint density at radius 2 is 1.70 bits per heavy atom. The maximum Gasteiger partial charge on any atom is 0.458 e. The van der Waals surface area contributed by atoms with Gasteiger partial charge in [0.1, 0.15) is 10.5 Å². The second-order valence-corrected chi connectivity index (χ2v) is 4.97. The average Bonchev–Trinajstić information content (AvgIpc) is 2.87. The zero-order chi connectivity index (χ0) is 16.6. The Hall–Kier alpha value is -3.42. The Morgan fingerprint density at radius 3 is 2.30 bits per heavy atom. The minimum Gasteiger partial charge on any atom is -0.399 e. The van der Waals surface area contributed by atoms with Crippen LogP contribution in [0.2, 0.25) is 0 Å². The van der Waals surface area contributed by atoms with E-state index in [0.29, 0.717) is 5.69 Å². The van der Waals surface area contributed by atoms with Crippen molar-refractivity contribution in [3.63, 3.8) is 0 Å². The Kier molecular flexibility index (Phi) is 3.41. The van der Waals surface area contributed by atoms with Crippen LogP contribution in [-0.4, -0.2) is 9.85 Å². The van der Waals surface area contributed by atoms with Gasteiger partial charge in [0.2, 0.25) is 0 Å². The lowest BCUT2D eigenvalue weighted by atomic mass is 10.2. The third-order valence-electron chi connectivity index (χ3n) is 3.35. The normalized spacial score (nSPS) is 10.7. The lowest BCUT2D eigenvalue weighted by Gasteiger charge is -2.04. The zero-order valence-electron chi connectivity index (χ0n) is 12.0. The van der Waals surface area contributed by atoms with Gasteiger partial charge < -0.3 is 9.73 Å². The maximum atomic E-state index is 11.2. The molecule has 0 aliphatic heterocycles. The molecule has 1 N–H and O–H groups in total. The van der Waals surface area contributed by atoms with Gasteiger partial charge in [0.05, 0.1) is 10.3 Å². The molecule has 116 valence electrons. The number of rotatable bonds is 4. The van der Waals surface area contributed by atoms with Gasteiger partial charge in [-0.15, -0.1) is 0 Å². The van der Waals surface area contributed by atoms with Crippen LogP contribution in [0.4, 0.5) is 22.9 Å². The Balaban J connectivity index is 2.16. The summed E-state index contributed by atoms with van der Waals surface area (Å²) >= 11 is 0. The number of nitro groups is 2. The highest BCUT2D eigenvalue weighted by molar-refractivity contribution is 5.98. The molecule has 3 aromatic rings. The largest absolute Gasteiger partial charge is 0.458 e. The summed E-state index contributed by atoms with van der Waals surface area (Å²) in [6.07, 6.45) is 0. The molecule has 0 fully saturated rings. The van der Waals surface area contributed by atoms with Crippen molar-refractivity contribution in [3.8, 4) is 0 Å². The van der Waals surface area contributed by atoms with E-state index in [1.54, 1.807) is 12.1 Å². The molecule has 0 aliphatic carbocycles. The van der Waals surface area contributed by atoms with Crippen LogP contribution >= 0.6 is 0 Å². The van der Waals surface area contributed by atoms with Gasteiger partial charge in [0.15, 0.2) is 5.69 Å². The van der Waals surface area contributed by atoms with Gasteiger partial charge in [-0.2, -0.15) is 0 Å². The first kappa shape index (κ1) is 14.5. The number of nitro benzene ring substituents is 1. The zero-order valence-corrected chi connectivity index (χ0v) is 12.0. The number of aryl methyl sites for hydroxylation is 1. The second-order valence-electron chi connectivity index (χ2n) is 4.97. The van der Waals surface area contributed by atoms with E-state index in [-0.39, 0.29) is 22.3 Å². The number of anilines is 2. The Bertz CT molecular complexity index is 915. The quantitative estimate of drug-likeness (QED) is 0.567. The van der Waals surface area contributed by atoms with Gasteiger partial charge in [0, 0.05) is 17.8 Å². The van der Waals surface area contributed by atoms with Crippen LogP contribution in [-0.2, 0) is 0 Å². The highest BCUT2D eigenvalue weighted by Crippen LogP contribution is 2.39. The fourth-order valence-corrected chi connectivity index (χ4v) is 2.22. The number of benzene rings is 2. The minimum atomic E-state index is -0.664.